The number of halogens is 2. The van der Waals surface area contributed by atoms with Gasteiger partial charge in [-0.25, -0.2) is 0 Å². The fourth-order valence-corrected chi connectivity index (χ4v) is 5.00. The summed E-state index contributed by atoms with van der Waals surface area (Å²) in [5.41, 5.74) is 3.91. The number of piperazine rings is 1. The van der Waals surface area contributed by atoms with Crippen LogP contribution >= 0.6 is 23.2 Å². The van der Waals surface area contributed by atoms with Crippen LogP contribution in [0, 0.1) is 0 Å². The highest BCUT2D eigenvalue weighted by atomic mass is 35.5. The van der Waals surface area contributed by atoms with Crippen LogP contribution in [-0.2, 0) is 17.6 Å². The maximum Gasteiger partial charge on any atom is 0.231 e. The first-order chi connectivity index (χ1) is 14.8. The van der Waals surface area contributed by atoms with Crippen molar-refractivity contribution in [2.45, 2.75) is 38.8 Å². The number of hydrogen-bond acceptors (Lipinski definition) is 4. The summed E-state index contributed by atoms with van der Waals surface area (Å²) in [7, 11) is 3.89. The van der Waals surface area contributed by atoms with Gasteiger partial charge in [0.25, 0.3) is 0 Å². The van der Waals surface area contributed by atoms with Crippen molar-refractivity contribution in [1.82, 2.24) is 4.90 Å². The number of anilines is 2. The van der Waals surface area contributed by atoms with Gasteiger partial charge in [-0.2, -0.15) is 0 Å². The molecule has 0 N–H and O–H groups in total. The summed E-state index contributed by atoms with van der Waals surface area (Å²) in [4.78, 5) is 19.9. The van der Waals surface area contributed by atoms with Gasteiger partial charge in [0.15, 0.2) is 0 Å². The molecule has 0 bridgehead atoms. The number of fused-ring (bicyclic) bond motifs is 1. The van der Waals surface area contributed by atoms with E-state index in [1.54, 1.807) is 13.2 Å². The number of carbonyl (C=O) groups is 1. The number of carbonyl (C=O) groups excluding carboxylic acids is 1. The third-order valence-electron chi connectivity index (χ3n) is 6.65. The van der Waals surface area contributed by atoms with Crippen molar-refractivity contribution in [3.63, 3.8) is 0 Å². The van der Waals surface area contributed by atoms with E-state index in [1.807, 2.05) is 17.0 Å². The van der Waals surface area contributed by atoms with E-state index in [0.29, 0.717) is 28.7 Å². The lowest BCUT2D eigenvalue weighted by Crippen LogP contribution is -2.55. The molecule has 2 aromatic carbocycles. The molecule has 31 heavy (non-hydrogen) atoms. The van der Waals surface area contributed by atoms with Gasteiger partial charge in [-0.15, -0.1) is 0 Å². The lowest BCUT2D eigenvalue weighted by molar-refractivity contribution is -0.117. The summed E-state index contributed by atoms with van der Waals surface area (Å²) in [6, 6.07) is 10.5. The third-order valence-corrected chi connectivity index (χ3v) is 7.51. The minimum atomic E-state index is 0.0270. The Bertz CT molecular complexity index is 985. The normalized spacial score (nSPS) is 21.4. The van der Waals surface area contributed by atoms with E-state index in [0.717, 1.165) is 47.8 Å². The lowest BCUT2D eigenvalue weighted by Gasteiger charge is -2.44. The summed E-state index contributed by atoms with van der Waals surface area (Å²) in [6.07, 6.45) is 1.04. The Morgan fingerprint density at radius 3 is 2.52 bits per heavy atom. The Morgan fingerprint density at radius 2 is 1.84 bits per heavy atom. The molecule has 7 heteroatoms. The maximum atomic E-state index is 13.2. The Hall–Kier alpha value is -1.95. The number of nitrogens with zero attached hydrogens (tertiary/aromatic N) is 3. The number of rotatable bonds is 4. The van der Waals surface area contributed by atoms with Crippen molar-refractivity contribution >= 4 is 40.5 Å². The van der Waals surface area contributed by atoms with Gasteiger partial charge in [-0.05, 0) is 56.6 Å². The smallest absolute Gasteiger partial charge is 0.231 e. The maximum absolute atomic E-state index is 13.2. The van der Waals surface area contributed by atoms with Crippen molar-refractivity contribution in [2.24, 2.45) is 0 Å². The fourth-order valence-electron chi connectivity index (χ4n) is 4.62. The molecule has 0 saturated carbocycles. The molecule has 0 unspecified atom stereocenters. The molecular weight excluding hydrogens is 433 g/mol. The van der Waals surface area contributed by atoms with Crippen molar-refractivity contribution < 1.29 is 9.53 Å². The molecule has 166 valence electrons. The standard InChI is InChI=1S/C24H29Cl2N3O2/c1-15-13-28(14-16(2)27(15)3)21-12-20-17(10-22(21)31-4)8-9-29(20)23(30)11-18-6-5-7-19(25)24(18)26/h5-7,10,12,15-16H,8-9,11,13-14H2,1-4H3/t15-,16+. The molecule has 0 radical (unpaired) electrons. The zero-order chi connectivity index (χ0) is 22.3. The molecule has 1 saturated heterocycles. The average Bonchev–Trinajstić information content (AvgIpc) is 3.17. The molecule has 1 amide bonds. The highest BCUT2D eigenvalue weighted by Crippen LogP contribution is 2.40. The monoisotopic (exact) mass is 461 g/mol. The van der Waals surface area contributed by atoms with Gasteiger partial charge in [0.2, 0.25) is 5.91 Å². The van der Waals surface area contributed by atoms with E-state index in [4.69, 9.17) is 27.9 Å². The average molecular weight is 462 g/mol. The van der Waals surface area contributed by atoms with E-state index in [-0.39, 0.29) is 12.3 Å². The Morgan fingerprint density at radius 1 is 1.13 bits per heavy atom. The van der Waals surface area contributed by atoms with Crippen LogP contribution in [0.4, 0.5) is 11.4 Å². The van der Waals surface area contributed by atoms with Crippen LogP contribution in [0.1, 0.15) is 25.0 Å². The van der Waals surface area contributed by atoms with Crippen LogP contribution in [0.15, 0.2) is 30.3 Å². The molecule has 2 heterocycles. The molecule has 2 atom stereocenters. The second-order valence-corrected chi connectivity index (χ2v) is 9.39. The topological polar surface area (TPSA) is 36.0 Å². The summed E-state index contributed by atoms with van der Waals surface area (Å²) in [5.74, 6) is 0.897. The molecular formula is C24H29Cl2N3O2. The number of likely N-dealkylation sites (N-methyl/N-ethyl adjacent to an activating group) is 1. The zero-order valence-electron chi connectivity index (χ0n) is 18.5. The third kappa shape index (κ3) is 4.23. The van der Waals surface area contributed by atoms with Gasteiger partial charge in [-0.1, -0.05) is 35.3 Å². The SMILES string of the molecule is COc1cc2c(cc1N1C[C@@H](C)N(C)[C@@H](C)C1)N(C(=O)Cc1cccc(Cl)c1Cl)CC2. The number of ether oxygens (including phenoxy) is 1. The van der Waals surface area contributed by atoms with Crippen molar-refractivity contribution in [3.8, 4) is 5.75 Å². The van der Waals surface area contributed by atoms with Crippen LogP contribution in [0.5, 0.6) is 5.75 Å². The van der Waals surface area contributed by atoms with Crippen molar-refractivity contribution in [1.29, 1.82) is 0 Å². The number of amides is 1. The van der Waals surface area contributed by atoms with Crippen LogP contribution in [0.25, 0.3) is 0 Å². The molecule has 0 aliphatic carbocycles. The van der Waals surface area contributed by atoms with Crippen LogP contribution in [-0.4, -0.2) is 56.7 Å². The van der Waals surface area contributed by atoms with E-state index in [1.165, 1.54) is 0 Å². The molecule has 4 rings (SSSR count). The largest absolute Gasteiger partial charge is 0.495 e. The fraction of sp³-hybridized carbons (Fsp3) is 0.458. The first kappa shape index (κ1) is 22.3. The van der Waals surface area contributed by atoms with Gasteiger partial charge in [-0.3, -0.25) is 9.69 Å². The van der Waals surface area contributed by atoms with Gasteiger partial charge < -0.3 is 14.5 Å². The minimum Gasteiger partial charge on any atom is -0.495 e. The van der Waals surface area contributed by atoms with Gasteiger partial charge in [0, 0.05) is 37.4 Å². The number of hydrogen-bond donors (Lipinski definition) is 0. The highest BCUT2D eigenvalue weighted by molar-refractivity contribution is 6.42. The Balaban J connectivity index is 1.63. The zero-order valence-corrected chi connectivity index (χ0v) is 20.0. The first-order valence-electron chi connectivity index (χ1n) is 10.7. The molecule has 0 spiro atoms. The molecule has 2 aliphatic rings. The second kappa shape index (κ2) is 8.89. The molecule has 5 nitrogen and oxygen atoms in total. The molecule has 0 aromatic heterocycles. The highest BCUT2D eigenvalue weighted by Gasteiger charge is 2.31. The summed E-state index contributed by atoms with van der Waals surface area (Å²) < 4.78 is 5.75. The van der Waals surface area contributed by atoms with E-state index < -0.39 is 0 Å². The van der Waals surface area contributed by atoms with Crippen molar-refractivity contribution in [3.05, 3.63) is 51.5 Å². The van der Waals surface area contributed by atoms with Crippen molar-refractivity contribution in [2.75, 3.05) is 43.6 Å². The van der Waals surface area contributed by atoms with Crippen LogP contribution in [0.2, 0.25) is 10.0 Å². The number of methoxy groups -OCH3 is 1. The van der Waals surface area contributed by atoms with Crippen LogP contribution < -0.4 is 14.5 Å². The Labute approximate surface area is 194 Å². The van der Waals surface area contributed by atoms with E-state index in [2.05, 4.69) is 42.8 Å². The molecule has 1 fully saturated rings. The van der Waals surface area contributed by atoms with Gasteiger partial charge in [0.05, 0.1) is 29.3 Å². The minimum absolute atomic E-state index is 0.0270. The summed E-state index contributed by atoms with van der Waals surface area (Å²) >= 11 is 12.5. The first-order valence-corrected chi connectivity index (χ1v) is 11.5. The van der Waals surface area contributed by atoms with Gasteiger partial charge in [0.1, 0.15) is 5.75 Å². The summed E-state index contributed by atoms with van der Waals surface area (Å²) in [5, 5.41) is 0.923. The molecule has 2 aromatic rings. The lowest BCUT2D eigenvalue weighted by atomic mass is 10.1. The predicted molar refractivity (Wildman–Crippen MR) is 128 cm³/mol. The summed E-state index contributed by atoms with van der Waals surface area (Å²) in [6.45, 7) is 6.98. The predicted octanol–water partition coefficient (Wildman–Crippen LogP) is 4.66. The van der Waals surface area contributed by atoms with Gasteiger partial charge >= 0.3 is 0 Å². The van der Waals surface area contributed by atoms with Crippen LogP contribution in [0.3, 0.4) is 0 Å². The van der Waals surface area contributed by atoms with E-state index >= 15 is 0 Å². The number of benzene rings is 2. The quantitative estimate of drug-likeness (QED) is 0.662. The molecule has 2 aliphatic heterocycles. The Kier molecular flexibility index (Phi) is 6.38. The van der Waals surface area contributed by atoms with E-state index in [9.17, 15) is 4.79 Å². The second-order valence-electron chi connectivity index (χ2n) is 8.61.